The topological polar surface area (TPSA) is 80.8 Å². The maximum absolute atomic E-state index is 12.9. The number of hydrogen-bond donors (Lipinski definition) is 0. The quantitative estimate of drug-likeness (QED) is 0.606. The Hall–Kier alpha value is -1.31. The molecular formula is C20H25Cl2NO5S. The summed E-state index contributed by atoms with van der Waals surface area (Å²) in [5.74, 6) is -0.799. The zero-order valence-electron chi connectivity index (χ0n) is 16.1. The van der Waals surface area contributed by atoms with Gasteiger partial charge < -0.3 is 9.64 Å². The third-order valence-electron chi connectivity index (χ3n) is 5.56. The second kappa shape index (κ2) is 9.67. The lowest BCUT2D eigenvalue weighted by atomic mass is 9.93. The van der Waals surface area contributed by atoms with Crippen LogP contribution in [-0.2, 0) is 30.6 Å². The number of nitrogens with zero attached hydrogens (tertiary/aromatic N) is 1. The van der Waals surface area contributed by atoms with Crippen LogP contribution in [-0.4, -0.2) is 55.4 Å². The average molecular weight is 462 g/mol. The number of esters is 1. The maximum atomic E-state index is 12.9. The molecule has 1 aliphatic heterocycles. The van der Waals surface area contributed by atoms with Crippen LogP contribution in [0.25, 0.3) is 0 Å². The van der Waals surface area contributed by atoms with Gasteiger partial charge in [-0.2, -0.15) is 0 Å². The molecule has 1 amide bonds. The number of ether oxygens (including phenoxy) is 1. The Kier molecular flexibility index (Phi) is 7.46. The normalized spacial score (nSPS) is 21.7. The predicted octanol–water partition coefficient (Wildman–Crippen LogP) is 3.43. The van der Waals surface area contributed by atoms with E-state index in [0.29, 0.717) is 22.0 Å². The molecular weight excluding hydrogens is 437 g/mol. The number of carbonyl (C=O) groups is 2. The van der Waals surface area contributed by atoms with Crippen molar-refractivity contribution in [2.75, 3.05) is 18.1 Å². The van der Waals surface area contributed by atoms with E-state index in [2.05, 4.69) is 0 Å². The molecule has 0 N–H and O–H groups in total. The highest BCUT2D eigenvalue weighted by Gasteiger charge is 2.38. The van der Waals surface area contributed by atoms with E-state index < -0.39 is 22.4 Å². The third-order valence-corrected chi connectivity index (χ3v) is 7.90. The molecule has 1 saturated heterocycles. The molecule has 1 aromatic carbocycles. The minimum Gasteiger partial charge on any atom is -0.455 e. The number of halogens is 2. The van der Waals surface area contributed by atoms with Crippen LogP contribution >= 0.6 is 23.2 Å². The first kappa shape index (κ1) is 22.4. The van der Waals surface area contributed by atoms with Crippen molar-refractivity contribution in [3.05, 3.63) is 33.8 Å². The molecule has 2 aliphatic rings. The van der Waals surface area contributed by atoms with E-state index in [1.54, 1.807) is 23.1 Å². The van der Waals surface area contributed by atoms with Crippen LogP contribution in [0.2, 0.25) is 10.0 Å². The highest BCUT2D eigenvalue weighted by atomic mass is 35.5. The van der Waals surface area contributed by atoms with Gasteiger partial charge in [0.25, 0.3) is 5.91 Å². The zero-order valence-corrected chi connectivity index (χ0v) is 18.4. The van der Waals surface area contributed by atoms with Crippen molar-refractivity contribution in [1.29, 1.82) is 0 Å². The predicted molar refractivity (Wildman–Crippen MR) is 112 cm³/mol. The second-order valence-electron chi connectivity index (χ2n) is 7.72. The fourth-order valence-electron chi connectivity index (χ4n) is 4.15. The summed E-state index contributed by atoms with van der Waals surface area (Å²) in [7, 11) is -3.12. The van der Waals surface area contributed by atoms with Crippen LogP contribution in [0.3, 0.4) is 0 Å². The molecule has 0 aromatic heterocycles. The van der Waals surface area contributed by atoms with Gasteiger partial charge in [0.1, 0.15) is 0 Å². The lowest BCUT2D eigenvalue weighted by Gasteiger charge is -2.38. The standard InChI is InChI=1S/C20H25Cl2NO5S/c21-15-7-6-14(18(22)11-15)10-20(25)28-12-19(24)23(16-4-2-1-3-5-16)17-8-9-29(26,27)13-17/h6-7,11,16-17H,1-5,8-10,12-13H2. The summed E-state index contributed by atoms with van der Waals surface area (Å²) >= 11 is 11.9. The molecule has 0 radical (unpaired) electrons. The molecule has 160 valence electrons. The van der Waals surface area contributed by atoms with Gasteiger partial charge in [-0.3, -0.25) is 9.59 Å². The van der Waals surface area contributed by atoms with Gasteiger partial charge in [0, 0.05) is 22.1 Å². The van der Waals surface area contributed by atoms with Crippen LogP contribution in [0.1, 0.15) is 44.1 Å². The first-order valence-corrected chi connectivity index (χ1v) is 12.4. The summed E-state index contributed by atoms with van der Waals surface area (Å²) in [4.78, 5) is 26.8. The third kappa shape index (κ3) is 6.09. The van der Waals surface area contributed by atoms with Gasteiger partial charge in [-0.15, -0.1) is 0 Å². The zero-order chi connectivity index (χ0) is 21.0. The van der Waals surface area contributed by atoms with Gasteiger partial charge in [-0.05, 0) is 37.0 Å². The van der Waals surface area contributed by atoms with Gasteiger partial charge in [-0.25, -0.2) is 8.42 Å². The monoisotopic (exact) mass is 461 g/mol. The fraction of sp³-hybridized carbons (Fsp3) is 0.600. The molecule has 29 heavy (non-hydrogen) atoms. The number of sulfone groups is 1. The second-order valence-corrected chi connectivity index (χ2v) is 10.8. The van der Waals surface area contributed by atoms with Gasteiger partial charge in [0.05, 0.1) is 17.9 Å². The van der Waals surface area contributed by atoms with E-state index in [4.69, 9.17) is 27.9 Å². The number of amides is 1. The van der Waals surface area contributed by atoms with Gasteiger partial charge in [-0.1, -0.05) is 48.5 Å². The van der Waals surface area contributed by atoms with Crippen molar-refractivity contribution < 1.29 is 22.7 Å². The van der Waals surface area contributed by atoms with Crippen LogP contribution in [0.4, 0.5) is 0 Å². The van der Waals surface area contributed by atoms with E-state index >= 15 is 0 Å². The van der Waals surface area contributed by atoms with Crippen LogP contribution in [0.15, 0.2) is 18.2 Å². The molecule has 2 fully saturated rings. The highest BCUT2D eigenvalue weighted by molar-refractivity contribution is 7.91. The Morgan fingerprint density at radius 3 is 2.41 bits per heavy atom. The Labute approximate surface area is 181 Å². The van der Waals surface area contributed by atoms with E-state index in [1.807, 2.05) is 0 Å². The first-order chi connectivity index (χ1) is 13.7. The smallest absolute Gasteiger partial charge is 0.310 e. The van der Waals surface area contributed by atoms with Gasteiger partial charge in [0.15, 0.2) is 16.4 Å². The van der Waals surface area contributed by atoms with Crippen LogP contribution < -0.4 is 0 Å². The van der Waals surface area contributed by atoms with Crippen molar-refractivity contribution in [1.82, 2.24) is 4.90 Å². The van der Waals surface area contributed by atoms with E-state index in [-0.39, 0.29) is 35.9 Å². The molecule has 1 heterocycles. The molecule has 0 spiro atoms. The van der Waals surface area contributed by atoms with E-state index in [0.717, 1.165) is 32.1 Å². The molecule has 1 aliphatic carbocycles. The average Bonchev–Trinajstić information content (AvgIpc) is 3.03. The summed E-state index contributed by atoms with van der Waals surface area (Å²) in [5.41, 5.74) is 0.569. The Balaban J connectivity index is 1.62. The largest absolute Gasteiger partial charge is 0.455 e. The molecule has 1 unspecified atom stereocenters. The van der Waals surface area contributed by atoms with Crippen molar-refractivity contribution in [2.45, 2.75) is 57.0 Å². The number of benzene rings is 1. The summed E-state index contributed by atoms with van der Waals surface area (Å²) in [5, 5.41) is 0.831. The molecule has 3 rings (SSSR count). The SMILES string of the molecule is O=C(Cc1ccc(Cl)cc1Cl)OCC(=O)N(C1CCCCC1)C1CCS(=O)(=O)C1. The Morgan fingerprint density at radius 2 is 1.79 bits per heavy atom. The van der Waals surface area contributed by atoms with E-state index in [9.17, 15) is 18.0 Å². The Bertz CT molecular complexity index is 868. The van der Waals surface area contributed by atoms with Crippen molar-refractivity contribution in [2.24, 2.45) is 0 Å². The lowest BCUT2D eigenvalue weighted by Crippen LogP contribution is -2.50. The number of hydrogen-bond acceptors (Lipinski definition) is 5. The fourth-order valence-corrected chi connectivity index (χ4v) is 6.33. The minimum atomic E-state index is -3.12. The van der Waals surface area contributed by atoms with E-state index in [1.165, 1.54) is 0 Å². The van der Waals surface area contributed by atoms with Gasteiger partial charge in [0.2, 0.25) is 0 Å². The van der Waals surface area contributed by atoms with Crippen molar-refractivity contribution >= 4 is 44.9 Å². The maximum Gasteiger partial charge on any atom is 0.310 e. The summed E-state index contributed by atoms with van der Waals surface area (Å²) in [6, 6.07) is 4.50. The van der Waals surface area contributed by atoms with Crippen molar-refractivity contribution in [3.63, 3.8) is 0 Å². The molecule has 1 atom stereocenters. The van der Waals surface area contributed by atoms with Crippen LogP contribution in [0.5, 0.6) is 0 Å². The highest BCUT2D eigenvalue weighted by Crippen LogP contribution is 2.28. The first-order valence-electron chi connectivity index (χ1n) is 9.86. The molecule has 6 nitrogen and oxygen atoms in total. The summed E-state index contributed by atoms with van der Waals surface area (Å²) in [6.07, 6.45) is 5.25. The summed E-state index contributed by atoms with van der Waals surface area (Å²) < 4.78 is 29.1. The van der Waals surface area contributed by atoms with Crippen LogP contribution in [0, 0.1) is 0 Å². The molecule has 0 bridgehead atoms. The number of carbonyl (C=O) groups excluding carboxylic acids is 2. The molecule has 1 aromatic rings. The Morgan fingerprint density at radius 1 is 1.07 bits per heavy atom. The summed E-state index contributed by atoms with van der Waals surface area (Å²) in [6.45, 7) is -0.392. The molecule has 1 saturated carbocycles. The number of rotatable bonds is 6. The molecule has 9 heteroatoms. The van der Waals surface area contributed by atoms with Crippen molar-refractivity contribution in [3.8, 4) is 0 Å². The van der Waals surface area contributed by atoms with Gasteiger partial charge >= 0.3 is 5.97 Å². The lowest BCUT2D eigenvalue weighted by molar-refractivity contribution is -0.154. The minimum absolute atomic E-state index is 0.0103.